The zero-order chi connectivity index (χ0) is 17.8. The minimum Gasteiger partial charge on any atom is -0.488 e. The highest BCUT2D eigenvalue weighted by molar-refractivity contribution is 14.1. The van der Waals surface area contributed by atoms with Gasteiger partial charge in [0.1, 0.15) is 12.4 Å². The van der Waals surface area contributed by atoms with E-state index in [0.717, 1.165) is 22.9 Å². The van der Waals surface area contributed by atoms with Gasteiger partial charge in [-0.1, -0.05) is 30.3 Å². The van der Waals surface area contributed by atoms with Crippen LogP contribution in [0.1, 0.15) is 18.1 Å². The molecule has 2 aromatic rings. The molecular formula is C19H16INO3S. The SMILES string of the molecule is CCN1C(=O)S/C(=C/c2ccccc2OCc2ccc(I)cc2)C1=O. The number of likely N-dealkylation sites (N-methyl/N-ethyl adjacent to an activating group) is 1. The monoisotopic (exact) mass is 465 g/mol. The number of carbonyl (C=O) groups is 2. The normalized spacial score (nSPS) is 15.9. The first kappa shape index (κ1) is 18.0. The highest BCUT2D eigenvalue weighted by atomic mass is 127. The summed E-state index contributed by atoms with van der Waals surface area (Å²) in [5.41, 5.74) is 1.86. The summed E-state index contributed by atoms with van der Waals surface area (Å²) in [5.74, 6) is 0.439. The van der Waals surface area contributed by atoms with E-state index in [-0.39, 0.29) is 11.1 Å². The molecule has 3 rings (SSSR count). The van der Waals surface area contributed by atoms with Crippen LogP contribution in [0.15, 0.2) is 53.4 Å². The van der Waals surface area contributed by atoms with Gasteiger partial charge in [-0.3, -0.25) is 14.5 Å². The standard InChI is InChI=1S/C19H16INO3S/c1-2-21-18(22)17(25-19(21)23)11-14-5-3-4-6-16(14)24-12-13-7-9-15(20)10-8-13/h3-11H,2,12H2,1H3/b17-11+. The molecule has 0 saturated carbocycles. The minimum absolute atomic E-state index is 0.226. The third-order valence-electron chi connectivity index (χ3n) is 3.70. The Morgan fingerprint density at radius 1 is 1.12 bits per heavy atom. The highest BCUT2D eigenvalue weighted by Gasteiger charge is 2.33. The third kappa shape index (κ3) is 4.24. The number of halogens is 1. The van der Waals surface area contributed by atoms with E-state index in [1.165, 1.54) is 8.47 Å². The number of amides is 2. The summed E-state index contributed by atoms with van der Waals surface area (Å²) in [6.45, 7) is 2.61. The molecule has 0 aromatic heterocycles. The van der Waals surface area contributed by atoms with E-state index in [1.54, 1.807) is 13.0 Å². The fraction of sp³-hybridized carbons (Fsp3) is 0.158. The van der Waals surface area contributed by atoms with Crippen molar-refractivity contribution >= 4 is 51.6 Å². The molecule has 1 heterocycles. The number of ether oxygens (including phenoxy) is 1. The smallest absolute Gasteiger partial charge is 0.293 e. The Morgan fingerprint density at radius 2 is 1.84 bits per heavy atom. The van der Waals surface area contributed by atoms with Crippen LogP contribution in [0.4, 0.5) is 4.79 Å². The topological polar surface area (TPSA) is 46.6 Å². The molecule has 0 N–H and O–H groups in total. The van der Waals surface area contributed by atoms with Crippen LogP contribution in [0, 0.1) is 3.57 Å². The molecule has 0 atom stereocenters. The largest absolute Gasteiger partial charge is 0.488 e. The van der Waals surface area contributed by atoms with E-state index in [0.29, 0.717) is 23.8 Å². The average molecular weight is 465 g/mol. The molecule has 2 amide bonds. The Hall–Kier alpha value is -1.80. The fourth-order valence-corrected chi connectivity index (χ4v) is 3.64. The molecule has 4 nitrogen and oxygen atoms in total. The maximum absolute atomic E-state index is 12.2. The lowest BCUT2D eigenvalue weighted by atomic mass is 10.1. The van der Waals surface area contributed by atoms with E-state index >= 15 is 0 Å². The second-order valence-corrected chi connectivity index (χ2v) is 7.62. The Bertz CT molecular complexity index is 833. The lowest BCUT2D eigenvalue weighted by molar-refractivity contribution is -0.122. The van der Waals surface area contributed by atoms with Gasteiger partial charge in [0, 0.05) is 15.7 Å². The maximum Gasteiger partial charge on any atom is 0.293 e. The van der Waals surface area contributed by atoms with Crippen LogP contribution in [-0.2, 0) is 11.4 Å². The molecule has 0 radical (unpaired) electrons. The second-order valence-electron chi connectivity index (χ2n) is 5.38. The number of hydrogen-bond acceptors (Lipinski definition) is 4. The van der Waals surface area contributed by atoms with Crippen molar-refractivity contribution in [1.82, 2.24) is 4.90 Å². The Morgan fingerprint density at radius 3 is 2.52 bits per heavy atom. The van der Waals surface area contributed by atoms with Crippen molar-refractivity contribution in [3.8, 4) is 5.75 Å². The first-order valence-corrected chi connectivity index (χ1v) is 9.69. The summed E-state index contributed by atoms with van der Waals surface area (Å²) in [4.78, 5) is 25.8. The summed E-state index contributed by atoms with van der Waals surface area (Å²) in [7, 11) is 0. The van der Waals surface area contributed by atoms with Gasteiger partial charge in [0.25, 0.3) is 11.1 Å². The van der Waals surface area contributed by atoms with Gasteiger partial charge in [0.15, 0.2) is 0 Å². The lowest BCUT2D eigenvalue weighted by Crippen LogP contribution is -2.27. The predicted octanol–water partition coefficient (Wildman–Crippen LogP) is 4.93. The van der Waals surface area contributed by atoms with Gasteiger partial charge in [-0.2, -0.15) is 0 Å². The van der Waals surface area contributed by atoms with Crippen LogP contribution in [0.25, 0.3) is 6.08 Å². The van der Waals surface area contributed by atoms with Crippen molar-refractivity contribution in [3.63, 3.8) is 0 Å². The van der Waals surface area contributed by atoms with Crippen molar-refractivity contribution in [1.29, 1.82) is 0 Å². The van der Waals surface area contributed by atoms with Crippen molar-refractivity contribution in [3.05, 3.63) is 68.1 Å². The number of carbonyl (C=O) groups excluding carboxylic acids is 2. The molecule has 1 aliphatic heterocycles. The molecule has 6 heteroatoms. The molecule has 25 heavy (non-hydrogen) atoms. The molecule has 128 valence electrons. The molecule has 0 bridgehead atoms. The number of para-hydroxylation sites is 1. The van der Waals surface area contributed by atoms with Crippen molar-refractivity contribution in [2.24, 2.45) is 0 Å². The highest BCUT2D eigenvalue weighted by Crippen LogP contribution is 2.33. The Balaban J connectivity index is 1.79. The average Bonchev–Trinajstić information content (AvgIpc) is 2.88. The van der Waals surface area contributed by atoms with Gasteiger partial charge >= 0.3 is 0 Å². The van der Waals surface area contributed by atoms with Gasteiger partial charge in [-0.05, 0) is 71.1 Å². The summed E-state index contributed by atoms with van der Waals surface area (Å²) in [6, 6.07) is 15.6. The zero-order valence-corrected chi connectivity index (χ0v) is 16.5. The van der Waals surface area contributed by atoms with Gasteiger partial charge in [-0.25, -0.2) is 0 Å². The molecule has 0 aliphatic carbocycles. The number of benzene rings is 2. The number of thioether (sulfide) groups is 1. The maximum atomic E-state index is 12.2. The molecule has 2 aromatic carbocycles. The number of hydrogen-bond donors (Lipinski definition) is 0. The van der Waals surface area contributed by atoms with Crippen LogP contribution in [0.3, 0.4) is 0 Å². The van der Waals surface area contributed by atoms with Crippen molar-refractivity contribution < 1.29 is 14.3 Å². The minimum atomic E-state index is -0.245. The molecular weight excluding hydrogens is 449 g/mol. The molecule has 1 fully saturated rings. The van der Waals surface area contributed by atoms with E-state index in [2.05, 4.69) is 22.6 Å². The molecule has 1 saturated heterocycles. The first-order valence-electron chi connectivity index (χ1n) is 7.80. The number of nitrogens with zero attached hydrogens (tertiary/aromatic N) is 1. The molecule has 0 spiro atoms. The van der Waals surface area contributed by atoms with Crippen LogP contribution < -0.4 is 4.74 Å². The van der Waals surface area contributed by atoms with E-state index in [1.807, 2.05) is 48.5 Å². The van der Waals surface area contributed by atoms with Crippen molar-refractivity contribution in [2.45, 2.75) is 13.5 Å². The molecule has 0 unspecified atom stereocenters. The third-order valence-corrected chi connectivity index (χ3v) is 5.33. The summed E-state index contributed by atoms with van der Waals surface area (Å²) >= 11 is 3.23. The number of rotatable bonds is 5. The predicted molar refractivity (Wildman–Crippen MR) is 108 cm³/mol. The van der Waals surface area contributed by atoms with Crippen LogP contribution >= 0.6 is 34.4 Å². The van der Waals surface area contributed by atoms with Gasteiger partial charge < -0.3 is 4.74 Å². The van der Waals surface area contributed by atoms with E-state index < -0.39 is 0 Å². The molecule has 1 aliphatic rings. The summed E-state index contributed by atoms with van der Waals surface area (Å²) < 4.78 is 7.10. The lowest BCUT2D eigenvalue weighted by Gasteiger charge is -2.10. The van der Waals surface area contributed by atoms with Crippen LogP contribution in [0.5, 0.6) is 5.75 Å². The van der Waals surface area contributed by atoms with Crippen molar-refractivity contribution in [2.75, 3.05) is 6.54 Å². The van der Waals surface area contributed by atoms with E-state index in [4.69, 9.17) is 4.74 Å². The quantitative estimate of drug-likeness (QED) is 0.465. The Kier molecular flexibility index (Phi) is 5.80. The van der Waals surface area contributed by atoms with Gasteiger partial charge in [0.2, 0.25) is 0 Å². The zero-order valence-electron chi connectivity index (χ0n) is 13.6. The summed E-state index contributed by atoms with van der Waals surface area (Å²) in [5, 5.41) is -0.226. The van der Waals surface area contributed by atoms with Gasteiger partial charge in [-0.15, -0.1) is 0 Å². The second kappa shape index (κ2) is 8.05. The summed E-state index contributed by atoms with van der Waals surface area (Å²) in [6.07, 6.45) is 1.73. The van der Waals surface area contributed by atoms with E-state index in [9.17, 15) is 9.59 Å². The fourth-order valence-electron chi connectivity index (χ4n) is 2.39. The van der Waals surface area contributed by atoms with Crippen LogP contribution in [-0.4, -0.2) is 22.6 Å². The van der Waals surface area contributed by atoms with Crippen LogP contribution in [0.2, 0.25) is 0 Å². The number of imide groups is 1. The van der Waals surface area contributed by atoms with Gasteiger partial charge in [0.05, 0.1) is 4.91 Å². The Labute approximate surface area is 164 Å². The first-order chi connectivity index (χ1) is 12.1.